The van der Waals surface area contributed by atoms with Crippen molar-refractivity contribution in [3.05, 3.63) is 33.8 Å². The van der Waals surface area contributed by atoms with Gasteiger partial charge in [-0.05, 0) is 30.0 Å². The minimum Gasteiger partial charge on any atom is -0.359 e. The monoisotopic (exact) mass is 243 g/mol. The van der Waals surface area contributed by atoms with Crippen molar-refractivity contribution in [3.8, 4) is 0 Å². The Bertz CT molecular complexity index is 385. The highest BCUT2D eigenvalue weighted by Crippen LogP contribution is 2.51. The molecule has 2 unspecified atom stereocenters. The second-order valence-corrected chi connectivity index (χ2v) is 4.51. The van der Waals surface area contributed by atoms with Crippen molar-refractivity contribution in [2.45, 2.75) is 12.3 Å². The van der Waals surface area contributed by atoms with Crippen LogP contribution in [-0.2, 0) is 4.79 Å². The minimum atomic E-state index is 0.0346. The number of halogens is 2. The summed E-state index contributed by atoms with van der Waals surface area (Å²) in [6, 6.07) is 5.43. The fourth-order valence-electron chi connectivity index (χ4n) is 1.85. The van der Waals surface area contributed by atoms with Crippen LogP contribution in [0, 0.1) is 5.92 Å². The summed E-state index contributed by atoms with van der Waals surface area (Å²) in [6.07, 6.45) is 0.836. The molecule has 0 radical (unpaired) electrons. The number of amides is 1. The van der Waals surface area contributed by atoms with Crippen molar-refractivity contribution in [2.24, 2.45) is 5.92 Å². The van der Waals surface area contributed by atoms with Crippen molar-refractivity contribution in [3.63, 3.8) is 0 Å². The maximum Gasteiger partial charge on any atom is 0.223 e. The third kappa shape index (κ3) is 1.97. The highest BCUT2D eigenvalue weighted by molar-refractivity contribution is 6.36. The summed E-state index contributed by atoms with van der Waals surface area (Å²) in [5.74, 6) is 0.287. The van der Waals surface area contributed by atoms with E-state index in [-0.39, 0.29) is 17.7 Å². The van der Waals surface area contributed by atoms with E-state index < -0.39 is 0 Å². The van der Waals surface area contributed by atoms with Crippen molar-refractivity contribution < 1.29 is 4.79 Å². The zero-order valence-electron chi connectivity index (χ0n) is 8.26. The Morgan fingerprint density at radius 3 is 2.53 bits per heavy atom. The third-order valence-corrected chi connectivity index (χ3v) is 3.40. The summed E-state index contributed by atoms with van der Waals surface area (Å²) in [5, 5.41) is 3.94. The average Bonchev–Trinajstić information content (AvgIpc) is 2.96. The largest absolute Gasteiger partial charge is 0.359 e. The number of carbonyl (C=O) groups is 1. The quantitative estimate of drug-likeness (QED) is 0.851. The first-order valence-corrected chi connectivity index (χ1v) is 5.56. The smallest absolute Gasteiger partial charge is 0.223 e. The minimum absolute atomic E-state index is 0.0346. The van der Waals surface area contributed by atoms with Crippen molar-refractivity contribution in [1.29, 1.82) is 0 Å². The molecule has 1 aliphatic rings. The summed E-state index contributed by atoms with van der Waals surface area (Å²) in [6.45, 7) is 0. The maximum absolute atomic E-state index is 11.4. The highest BCUT2D eigenvalue weighted by atomic mass is 35.5. The van der Waals surface area contributed by atoms with Gasteiger partial charge in [0.05, 0.1) is 0 Å². The lowest BCUT2D eigenvalue weighted by Crippen LogP contribution is -2.20. The van der Waals surface area contributed by atoms with Gasteiger partial charge in [0.15, 0.2) is 0 Å². The lowest BCUT2D eigenvalue weighted by Gasteiger charge is -2.05. The van der Waals surface area contributed by atoms with Crippen LogP contribution >= 0.6 is 23.2 Å². The van der Waals surface area contributed by atoms with Crippen molar-refractivity contribution in [2.75, 3.05) is 7.05 Å². The molecule has 80 valence electrons. The lowest BCUT2D eigenvalue weighted by atomic mass is 10.1. The molecule has 2 nitrogen and oxygen atoms in total. The van der Waals surface area contributed by atoms with E-state index in [4.69, 9.17) is 23.2 Å². The van der Waals surface area contributed by atoms with E-state index in [0.29, 0.717) is 10.0 Å². The normalized spacial score (nSPS) is 23.7. The van der Waals surface area contributed by atoms with Gasteiger partial charge in [-0.3, -0.25) is 4.79 Å². The van der Waals surface area contributed by atoms with Gasteiger partial charge in [0.2, 0.25) is 5.91 Å². The highest BCUT2D eigenvalue weighted by Gasteiger charge is 2.45. The topological polar surface area (TPSA) is 29.1 Å². The number of benzene rings is 1. The average molecular weight is 244 g/mol. The molecule has 1 N–H and O–H groups in total. The van der Waals surface area contributed by atoms with E-state index >= 15 is 0 Å². The molecule has 0 aliphatic heterocycles. The van der Waals surface area contributed by atoms with E-state index in [1.54, 1.807) is 7.05 Å². The zero-order valence-corrected chi connectivity index (χ0v) is 9.77. The molecular weight excluding hydrogens is 233 g/mol. The van der Waals surface area contributed by atoms with Gasteiger partial charge in [-0.15, -0.1) is 0 Å². The summed E-state index contributed by atoms with van der Waals surface area (Å²) in [4.78, 5) is 11.4. The van der Waals surface area contributed by atoms with Crippen LogP contribution in [0.25, 0.3) is 0 Å². The molecule has 0 heterocycles. The molecule has 1 amide bonds. The first-order valence-electron chi connectivity index (χ1n) is 4.80. The van der Waals surface area contributed by atoms with Gasteiger partial charge in [-0.1, -0.05) is 29.3 Å². The summed E-state index contributed by atoms with van der Waals surface area (Å²) in [5.41, 5.74) is 0.912. The number of hydrogen-bond acceptors (Lipinski definition) is 1. The predicted molar refractivity (Wildman–Crippen MR) is 61.4 cm³/mol. The van der Waals surface area contributed by atoms with Gasteiger partial charge in [-0.2, -0.15) is 0 Å². The van der Waals surface area contributed by atoms with Gasteiger partial charge in [0.25, 0.3) is 0 Å². The number of carbonyl (C=O) groups excluding carboxylic acids is 1. The molecule has 1 aromatic carbocycles. The molecular formula is C11H11Cl2NO. The fourth-order valence-corrected chi connectivity index (χ4v) is 2.53. The van der Waals surface area contributed by atoms with Crippen LogP contribution in [0.2, 0.25) is 10.0 Å². The van der Waals surface area contributed by atoms with Crippen LogP contribution in [0.5, 0.6) is 0 Å². The Labute approximate surface area is 98.6 Å². The molecule has 1 aromatic rings. The van der Waals surface area contributed by atoms with E-state index in [9.17, 15) is 4.79 Å². The van der Waals surface area contributed by atoms with Gasteiger partial charge >= 0.3 is 0 Å². The molecule has 1 aliphatic carbocycles. The third-order valence-electron chi connectivity index (χ3n) is 2.74. The van der Waals surface area contributed by atoms with Gasteiger partial charge in [0.1, 0.15) is 0 Å². The molecule has 1 saturated carbocycles. The molecule has 0 spiro atoms. The van der Waals surface area contributed by atoms with Crippen LogP contribution < -0.4 is 5.32 Å². The first kappa shape index (κ1) is 10.8. The van der Waals surface area contributed by atoms with Crippen LogP contribution in [0.4, 0.5) is 0 Å². The van der Waals surface area contributed by atoms with Crippen molar-refractivity contribution >= 4 is 29.1 Å². The second-order valence-electron chi connectivity index (χ2n) is 3.70. The number of nitrogens with one attached hydrogen (secondary N) is 1. The Kier molecular flexibility index (Phi) is 2.89. The van der Waals surface area contributed by atoms with E-state index in [1.807, 2.05) is 18.2 Å². The first-order chi connectivity index (χ1) is 7.15. The van der Waals surface area contributed by atoms with Crippen LogP contribution in [0.1, 0.15) is 17.9 Å². The van der Waals surface area contributed by atoms with Gasteiger partial charge in [-0.25, -0.2) is 0 Å². The van der Waals surface area contributed by atoms with Gasteiger partial charge < -0.3 is 5.32 Å². The Morgan fingerprint density at radius 2 is 2.00 bits per heavy atom. The summed E-state index contributed by atoms with van der Waals surface area (Å²) in [7, 11) is 1.64. The molecule has 15 heavy (non-hydrogen) atoms. The van der Waals surface area contributed by atoms with Crippen LogP contribution in [-0.4, -0.2) is 13.0 Å². The van der Waals surface area contributed by atoms with Crippen molar-refractivity contribution in [1.82, 2.24) is 5.32 Å². The van der Waals surface area contributed by atoms with Gasteiger partial charge in [0, 0.05) is 23.0 Å². The summed E-state index contributed by atoms with van der Waals surface area (Å²) < 4.78 is 0. The fraction of sp³-hybridized carbons (Fsp3) is 0.364. The standard InChI is InChI=1S/C11H11Cl2NO/c1-14-11(15)7-5-6(7)10-8(12)3-2-4-9(10)13/h2-4,6-7H,5H2,1H3,(H,14,15). The number of hydrogen-bond donors (Lipinski definition) is 1. The molecule has 4 heteroatoms. The molecule has 2 atom stereocenters. The molecule has 0 saturated heterocycles. The van der Waals surface area contributed by atoms with Crippen LogP contribution in [0.15, 0.2) is 18.2 Å². The van der Waals surface area contributed by atoms with E-state index in [1.165, 1.54) is 0 Å². The zero-order chi connectivity index (χ0) is 11.0. The molecule has 1 fully saturated rings. The molecule has 0 aromatic heterocycles. The molecule has 2 rings (SSSR count). The lowest BCUT2D eigenvalue weighted by molar-refractivity contribution is -0.121. The second kappa shape index (κ2) is 4.03. The molecule has 0 bridgehead atoms. The number of rotatable bonds is 2. The Balaban J connectivity index is 2.23. The van der Waals surface area contributed by atoms with E-state index in [0.717, 1.165) is 12.0 Å². The Morgan fingerprint density at radius 1 is 1.40 bits per heavy atom. The maximum atomic E-state index is 11.4. The SMILES string of the molecule is CNC(=O)C1CC1c1c(Cl)cccc1Cl. The van der Waals surface area contributed by atoms with Crippen LogP contribution in [0.3, 0.4) is 0 Å². The summed E-state index contributed by atoms with van der Waals surface area (Å²) >= 11 is 12.1. The predicted octanol–water partition coefficient (Wildman–Crippen LogP) is 2.84. The van der Waals surface area contributed by atoms with E-state index in [2.05, 4.69) is 5.32 Å². The Hall–Kier alpha value is -0.730.